The number of aryl methyl sites for hydroxylation is 2. The molecule has 1 fully saturated rings. The van der Waals surface area contributed by atoms with Gasteiger partial charge in [0.05, 0.1) is 4.88 Å². The number of thiophene rings is 1. The number of halogens is 3. The van der Waals surface area contributed by atoms with E-state index < -0.39 is 17.8 Å². The van der Waals surface area contributed by atoms with Gasteiger partial charge < -0.3 is 15.7 Å². The van der Waals surface area contributed by atoms with Crippen molar-refractivity contribution in [1.82, 2.24) is 14.7 Å². The minimum Gasteiger partial charge on any atom is -0.477 e. The summed E-state index contributed by atoms with van der Waals surface area (Å²) in [4.78, 5) is 13.6. The predicted octanol–water partition coefficient (Wildman–Crippen LogP) is 5.69. The van der Waals surface area contributed by atoms with Crippen LogP contribution in [0.15, 0.2) is 48.5 Å². The molecule has 4 rings (SSSR count). The highest BCUT2D eigenvalue weighted by Gasteiger charge is 2.36. The van der Waals surface area contributed by atoms with Gasteiger partial charge in [0.2, 0.25) is 0 Å². The van der Waals surface area contributed by atoms with E-state index in [9.17, 15) is 18.0 Å². The molecular formula is C26H33F3N4O2S. The molecule has 0 atom stereocenters. The number of hydrogen-bond donors (Lipinski definition) is 2. The number of aromatic nitrogens is 2. The van der Waals surface area contributed by atoms with Gasteiger partial charge in [-0.15, -0.1) is 11.3 Å². The lowest BCUT2D eigenvalue weighted by Crippen LogP contribution is -2.49. The number of benzene rings is 1. The van der Waals surface area contributed by atoms with Crippen LogP contribution in [0.25, 0.3) is 10.6 Å². The zero-order valence-electron chi connectivity index (χ0n) is 20.8. The van der Waals surface area contributed by atoms with E-state index in [1.54, 1.807) is 0 Å². The Kier molecular flexibility index (Phi) is 8.97. The first-order valence-corrected chi connectivity index (χ1v) is 12.6. The fraction of sp³-hybridized carbons (Fsp3) is 0.462. The van der Waals surface area contributed by atoms with Crippen molar-refractivity contribution < 1.29 is 23.1 Å². The number of carboxylic acids is 1. The highest BCUT2D eigenvalue weighted by Crippen LogP contribution is 2.36. The van der Waals surface area contributed by atoms with Gasteiger partial charge in [-0.2, -0.15) is 18.3 Å². The molecule has 1 aliphatic rings. The molecule has 2 aromatic heterocycles. The highest BCUT2D eigenvalue weighted by atomic mass is 32.1. The third-order valence-corrected chi connectivity index (χ3v) is 7.97. The van der Waals surface area contributed by atoms with E-state index in [1.165, 1.54) is 63.3 Å². The van der Waals surface area contributed by atoms with Gasteiger partial charge in [0.25, 0.3) is 0 Å². The van der Waals surface area contributed by atoms with Crippen LogP contribution in [-0.4, -0.2) is 51.4 Å². The van der Waals surface area contributed by atoms with Gasteiger partial charge in [-0.3, -0.25) is 4.68 Å². The maximum Gasteiger partial charge on any atom is 0.433 e. The summed E-state index contributed by atoms with van der Waals surface area (Å²) in [7, 11) is 5.64. The SMILES string of the molecule is CN(C)C1(CCc2ccccc2)CCC(N)CC1.Cn1nc(-c2ccc(C(=O)O)s2)cc1C(F)(F)F. The molecule has 0 saturated heterocycles. The zero-order valence-corrected chi connectivity index (χ0v) is 21.6. The molecule has 0 radical (unpaired) electrons. The monoisotopic (exact) mass is 522 g/mol. The van der Waals surface area contributed by atoms with Gasteiger partial charge in [0.15, 0.2) is 0 Å². The molecule has 10 heteroatoms. The Morgan fingerprint density at radius 2 is 1.83 bits per heavy atom. The fourth-order valence-electron chi connectivity index (χ4n) is 4.56. The summed E-state index contributed by atoms with van der Waals surface area (Å²) >= 11 is 0.884. The smallest absolute Gasteiger partial charge is 0.433 e. The van der Waals surface area contributed by atoms with Gasteiger partial charge in [-0.05, 0) is 76.4 Å². The summed E-state index contributed by atoms with van der Waals surface area (Å²) in [5.74, 6) is -1.11. The first-order chi connectivity index (χ1) is 16.9. The van der Waals surface area contributed by atoms with E-state index >= 15 is 0 Å². The van der Waals surface area contributed by atoms with Crippen LogP contribution in [0.5, 0.6) is 0 Å². The number of rotatable bonds is 6. The van der Waals surface area contributed by atoms with Crippen LogP contribution in [0, 0.1) is 0 Å². The Labute approximate surface area is 213 Å². The number of hydrogen-bond acceptors (Lipinski definition) is 5. The van der Waals surface area contributed by atoms with E-state index in [1.807, 2.05) is 0 Å². The maximum atomic E-state index is 12.6. The van der Waals surface area contributed by atoms with Crippen molar-refractivity contribution in [3.05, 3.63) is 64.7 Å². The van der Waals surface area contributed by atoms with Crippen LogP contribution in [0.4, 0.5) is 13.2 Å². The molecule has 1 saturated carbocycles. The first kappa shape index (κ1) is 27.9. The number of alkyl halides is 3. The maximum absolute atomic E-state index is 12.6. The Hall–Kier alpha value is -2.69. The van der Waals surface area contributed by atoms with Crippen molar-refractivity contribution in [2.45, 2.75) is 56.3 Å². The van der Waals surface area contributed by atoms with Gasteiger partial charge in [0, 0.05) is 18.6 Å². The molecular weight excluding hydrogens is 489 g/mol. The highest BCUT2D eigenvalue weighted by molar-refractivity contribution is 7.17. The van der Waals surface area contributed by atoms with Crippen LogP contribution in [-0.2, 0) is 19.6 Å². The molecule has 0 amide bonds. The summed E-state index contributed by atoms with van der Waals surface area (Å²) in [5.41, 5.74) is 7.10. The number of nitrogens with two attached hydrogens (primary N) is 1. The number of aromatic carboxylic acids is 1. The third-order valence-electron chi connectivity index (χ3n) is 6.87. The van der Waals surface area contributed by atoms with E-state index in [4.69, 9.17) is 10.8 Å². The molecule has 0 bridgehead atoms. The van der Waals surface area contributed by atoms with Crippen molar-refractivity contribution in [3.8, 4) is 10.6 Å². The largest absolute Gasteiger partial charge is 0.477 e. The van der Waals surface area contributed by atoms with Crippen LogP contribution >= 0.6 is 11.3 Å². The lowest BCUT2D eigenvalue weighted by Gasteiger charge is -2.45. The second-order valence-electron chi connectivity index (χ2n) is 9.45. The van der Waals surface area contributed by atoms with Gasteiger partial charge in [-0.25, -0.2) is 4.79 Å². The second kappa shape index (κ2) is 11.6. The van der Waals surface area contributed by atoms with Crippen molar-refractivity contribution in [1.29, 1.82) is 0 Å². The Morgan fingerprint density at radius 1 is 1.19 bits per heavy atom. The van der Waals surface area contributed by atoms with Crippen molar-refractivity contribution in [2.24, 2.45) is 12.8 Å². The topological polar surface area (TPSA) is 84.4 Å². The second-order valence-corrected chi connectivity index (χ2v) is 10.5. The van der Waals surface area contributed by atoms with Crippen LogP contribution in [0.1, 0.15) is 53.0 Å². The van der Waals surface area contributed by atoms with Crippen molar-refractivity contribution >= 4 is 17.3 Å². The normalized spacial score (nSPS) is 20.2. The Morgan fingerprint density at radius 3 is 2.33 bits per heavy atom. The standard InChI is InChI=1S/C16H26N2.C10H7F3N2O2S/c1-18(2)16(12-9-15(17)10-13-16)11-8-14-6-4-3-5-7-14;1-15-8(10(11,12)13)4-5(14-15)6-2-3-7(18-6)9(16)17/h3-7,15H,8-13,17H2,1-2H3;2-4H,1H3,(H,16,17). The van der Waals surface area contributed by atoms with E-state index in [-0.39, 0.29) is 10.6 Å². The minimum atomic E-state index is -4.48. The number of nitrogens with zero attached hydrogens (tertiary/aromatic N) is 3. The van der Waals surface area contributed by atoms with E-state index in [0.717, 1.165) is 22.1 Å². The summed E-state index contributed by atoms with van der Waals surface area (Å²) in [6.07, 6.45) is 2.78. The van der Waals surface area contributed by atoms with Crippen LogP contribution in [0.2, 0.25) is 0 Å². The molecule has 0 spiro atoms. The fourth-order valence-corrected chi connectivity index (χ4v) is 5.36. The van der Waals surface area contributed by atoms with Crippen LogP contribution < -0.4 is 5.73 Å². The van der Waals surface area contributed by atoms with Crippen molar-refractivity contribution in [3.63, 3.8) is 0 Å². The summed E-state index contributed by atoms with van der Waals surface area (Å²) in [6.45, 7) is 0. The molecule has 6 nitrogen and oxygen atoms in total. The Balaban J connectivity index is 0.000000201. The summed E-state index contributed by atoms with van der Waals surface area (Å²) < 4.78 is 38.4. The Bertz CT molecular complexity index is 1130. The van der Waals surface area contributed by atoms with Crippen LogP contribution in [0.3, 0.4) is 0 Å². The molecule has 1 aromatic carbocycles. The summed E-state index contributed by atoms with van der Waals surface area (Å²) in [6, 6.07) is 14.9. The zero-order chi connectivity index (χ0) is 26.5. The van der Waals surface area contributed by atoms with Crippen molar-refractivity contribution in [2.75, 3.05) is 14.1 Å². The minimum absolute atomic E-state index is 0.0595. The van der Waals surface area contributed by atoms with E-state index in [2.05, 4.69) is 54.4 Å². The molecule has 36 heavy (non-hydrogen) atoms. The molecule has 0 unspecified atom stereocenters. The molecule has 0 aliphatic heterocycles. The summed E-state index contributed by atoms with van der Waals surface area (Å²) in [5, 5.41) is 12.5. The van der Waals surface area contributed by atoms with Gasteiger partial charge in [0.1, 0.15) is 16.3 Å². The molecule has 1 aliphatic carbocycles. The lowest BCUT2D eigenvalue weighted by molar-refractivity contribution is -0.143. The number of carboxylic acid groups (broad SMARTS) is 1. The first-order valence-electron chi connectivity index (χ1n) is 11.8. The van der Waals surface area contributed by atoms with E-state index in [0.29, 0.717) is 16.5 Å². The quantitative estimate of drug-likeness (QED) is 0.435. The van der Waals surface area contributed by atoms with Gasteiger partial charge >= 0.3 is 12.1 Å². The predicted molar refractivity (Wildman–Crippen MR) is 136 cm³/mol. The lowest BCUT2D eigenvalue weighted by atomic mass is 9.75. The number of carbonyl (C=O) groups is 1. The molecule has 3 aromatic rings. The third kappa shape index (κ3) is 6.96. The average Bonchev–Trinajstić information content (AvgIpc) is 3.47. The molecule has 3 N–H and O–H groups in total. The van der Waals surface area contributed by atoms with Gasteiger partial charge in [-0.1, -0.05) is 30.3 Å². The molecule has 2 heterocycles. The molecule has 196 valence electrons. The average molecular weight is 523 g/mol.